The summed E-state index contributed by atoms with van der Waals surface area (Å²) in [6.45, 7) is 7.15. The van der Waals surface area contributed by atoms with E-state index in [-0.39, 0.29) is 5.82 Å². The fourth-order valence-electron chi connectivity index (χ4n) is 2.18. The monoisotopic (exact) mass is 286 g/mol. The normalized spacial score (nSPS) is 18.5. The quantitative estimate of drug-likeness (QED) is 0.899. The first kappa shape index (κ1) is 14.7. The Labute approximate surface area is 118 Å². The van der Waals surface area contributed by atoms with Gasteiger partial charge in [0.1, 0.15) is 5.82 Å². The van der Waals surface area contributed by atoms with Crippen LogP contribution in [0.5, 0.6) is 0 Å². The Balaban J connectivity index is 1.77. The summed E-state index contributed by atoms with van der Waals surface area (Å²) in [4.78, 5) is 2.36. The molecular formula is C14H20ClFN2O. The summed E-state index contributed by atoms with van der Waals surface area (Å²) in [5.74, 6) is -0.251. The van der Waals surface area contributed by atoms with Crippen LogP contribution in [0.1, 0.15) is 12.5 Å². The molecule has 1 aliphatic rings. The van der Waals surface area contributed by atoms with Crippen LogP contribution in [0.2, 0.25) is 5.02 Å². The molecule has 1 N–H and O–H groups in total. The summed E-state index contributed by atoms with van der Waals surface area (Å²) < 4.78 is 18.9. The van der Waals surface area contributed by atoms with Crippen molar-refractivity contribution < 1.29 is 9.13 Å². The zero-order valence-corrected chi connectivity index (χ0v) is 11.9. The van der Waals surface area contributed by atoms with Gasteiger partial charge in [-0.2, -0.15) is 0 Å². The number of benzene rings is 1. The second-order valence-electron chi connectivity index (χ2n) is 4.93. The summed E-state index contributed by atoms with van der Waals surface area (Å²) in [7, 11) is 0. The molecule has 19 heavy (non-hydrogen) atoms. The maximum absolute atomic E-state index is 13.6. The minimum atomic E-state index is -0.251. The van der Waals surface area contributed by atoms with E-state index < -0.39 is 0 Å². The highest BCUT2D eigenvalue weighted by molar-refractivity contribution is 6.30. The topological polar surface area (TPSA) is 24.5 Å². The summed E-state index contributed by atoms with van der Waals surface area (Å²) >= 11 is 5.73. The van der Waals surface area contributed by atoms with Gasteiger partial charge in [-0.25, -0.2) is 4.39 Å². The van der Waals surface area contributed by atoms with Gasteiger partial charge in [-0.1, -0.05) is 17.7 Å². The number of hydrogen-bond donors (Lipinski definition) is 1. The Morgan fingerprint density at radius 3 is 2.84 bits per heavy atom. The number of rotatable bonds is 5. The number of ether oxygens (including phenoxy) is 1. The molecule has 1 aromatic rings. The largest absolute Gasteiger partial charge is 0.379 e. The van der Waals surface area contributed by atoms with Gasteiger partial charge in [-0.3, -0.25) is 4.90 Å². The van der Waals surface area contributed by atoms with Gasteiger partial charge in [-0.15, -0.1) is 0 Å². The molecular weight excluding hydrogens is 267 g/mol. The van der Waals surface area contributed by atoms with Gasteiger partial charge >= 0.3 is 0 Å². The molecule has 1 fully saturated rings. The summed E-state index contributed by atoms with van der Waals surface area (Å²) in [5.41, 5.74) is 0.651. The van der Waals surface area contributed by atoms with Crippen molar-refractivity contribution in [2.45, 2.75) is 19.5 Å². The fraction of sp³-hybridized carbons (Fsp3) is 0.571. The summed E-state index contributed by atoms with van der Waals surface area (Å²) in [6, 6.07) is 5.11. The van der Waals surface area contributed by atoms with E-state index >= 15 is 0 Å². The molecule has 0 amide bonds. The molecule has 3 nitrogen and oxygen atoms in total. The average molecular weight is 287 g/mol. The van der Waals surface area contributed by atoms with Gasteiger partial charge < -0.3 is 10.1 Å². The third-order valence-electron chi connectivity index (χ3n) is 3.29. The van der Waals surface area contributed by atoms with Crippen molar-refractivity contribution in [3.8, 4) is 0 Å². The highest BCUT2D eigenvalue weighted by Gasteiger charge is 2.13. The molecule has 0 saturated carbocycles. The molecule has 0 bridgehead atoms. The van der Waals surface area contributed by atoms with Gasteiger partial charge in [0.15, 0.2) is 0 Å². The molecule has 0 aliphatic carbocycles. The molecule has 1 unspecified atom stereocenters. The van der Waals surface area contributed by atoms with Crippen LogP contribution < -0.4 is 5.32 Å². The van der Waals surface area contributed by atoms with E-state index in [4.69, 9.17) is 16.3 Å². The van der Waals surface area contributed by atoms with Gasteiger partial charge in [0.25, 0.3) is 0 Å². The van der Waals surface area contributed by atoms with Crippen molar-refractivity contribution in [2.75, 3.05) is 32.8 Å². The minimum Gasteiger partial charge on any atom is -0.379 e. The van der Waals surface area contributed by atoms with Gasteiger partial charge in [0.05, 0.1) is 13.2 Å². The maximum atomic E-state index is 13.6. The molecule has 1 aromatic carbocycles. The van der Waals surface area contributed by atoms with E-state index in [1.165, 1.54) is 6.07 Å². The van der Waals surface area contributed by atoms with E-state index in [0.717, 1.165) is 32.8 Å². The maximum Gasteiger partial charge on any atom is 0.129 e. The molecule has 5 heteroatoms. The predicted octanol–water partition coefficient (Wildman–Crippen LogP) is 2.29. The van der Waals surface area contributed by atoms with Crippen molar-refractivity contribution in [1.82, 2.24) is 10.2 Å². The number of nitrogens with one attached hydrogen (secondary N) is 1. The Morgan fingerprint density at radius 1 is 1.42 bits per heavy atom. The second-order valence-corrected chi connectivity index (χ2v) is 5.37. The molecule has 106 valence electrons. The van der Waals surface area contributed by atoms with E-state index in [1.54, 1.807) is 12.1 Å². The van der Waals surface area contributed by atoms with Crippen LogP contribution >= 0.6 is 11.6 Å². The summed E-state index contributed by atoms with van der Waals surface area (Å²) in [5, 5.41) is 3.77. The highest BCUT2D eigenvalue weighted by Crippen LogP contribution is 2.14. The Hall–Kier alpha value is -0.680. The van der Waals surface area contributed by atoms with E-state index in [9.17, 15) is 4.39 Å². The average Bonchev–Trinajstić information content (AvgIpc) is 2.39. The number of morpholine rings is 1. The molecule has 0 aromatic heterocycles. The van der Waals surface area contributed by atoms with Crippen LogP contribution in [-0.4, -0.2) is 43.8 Å². The third-order valence-corrected chi connectivity index (χ3v) is 3.53. The lowest BCUT2D eigenvalue weighted by Gasteiger charge is -2.29. The Kier molecular flexibility index (Phi) is 5.58. The molecule has 1 atom stereocenters. The predicted molar refractivity (Wildman–Crippen MR) is 75.0 cm³/mol. The first-order valence-corrected chi connectivity index (χ1v) is 7.00. The first-order chi connectivity index (χ1) is 9.15. The smallest absolute Gasteiger partial charge is 0.129 e. The van der Waals surface area contributed by atoms with Crippen LogP contribution in [0.3, 0.4) is 0 Å². The van der Waals surface area contributed by atoms with Crippen molar-refractivity contribution in [3.63, 3.8) is 0 Å². The van der Waals surface area contributed by atoms with E-state index in [0.29, 0.717) is 23.2 Å². The van der Waals surface area contributed by atoms with Crippen molar-refractivity contribution >= 4 is 11.6 Å². The Bertz CT molecular complexity index is 410. The lowest BCUT2D eigenvalue weighted by atomic mass is 10.2. The minimum absolute atomic E-state index is 0.251. The van der Waals surface area contributed by atoms with Crippen molar-refractivity contribution in [2.24, 2.45) is 0 Å². The molecule has 1 heterocycles. The molecule has 1 aliphatic heterocycles. The highest BCUT2D eigenvalue weighted by atomic mass is 35.5. The molecule has 0 spiro atoms. The van der Waals surface area contributed by atoms with Crippen molar-refractivity contribution in [1.29, 1.82) is 0 Å². The van der Waals surface area contributed by atoms with Crippen LogP contribution in [0.25, 0.3) is 0 Å². The van der Waals surface area contributed by atoms with Crippen molar-refractivity contribution in [3.05, 3.63) is 34.6 Å². The van der Waals surface area contributed by atoms with E-state index in [1.807, 2.05) is 0 Å². The molecule has 2 rings (SSSR count). The van der Waals surface area contributed by atoms with Gasteiger partial charge in [-0.05, 0) is 19.1 Å². The van der Waals surface area contributed by atoms with Crippen LogP contribution in [0.15, 0.2) is 18.2 Å². The second kappa shape index (κ2) is 7.20. The standard InChI is InChI=1S/C14H20ClFN2O/c1-11(10-18-4-6-19-7-5-18)17-9-12-2-3-13(15)8-14(12)16/h2-3,8,11,17H,4-7,9-10H2,1H3. The van der Waals surface area contributed by atoms with Gasteiger partial charge in [0.2, 0.25) is 0 Å². The molecule has 1 saturated heterocycles. The molecule has 0 radical (unpaired) electrons. The first-order valence-electron chi connectivity index (χ1n) is 6.62. The lowest BCUT2D eigenvalue weighted by Crippen LogP contribution is -2.44. The Morgan fingerprint density at radius 2 is 2.16 bits per heavy atom. The summed E-state index contributed by atoms with van der Waals surface area (Å²) in [6.07, 6.45) is 0. The van der Waals surface area contributed by atoms with Crippen LogP contribution in [-0.2, 0) is 11.3 Å². The fourth-order valence-corrected chi connectivity index (χ4v) is 2.34. The number of nitrogens with zero attached hydrogens (tertiary/aromatic N) is 1. The van der Waals surface area contributed by atoms with Crippen LogP contribution in [0, 0.1) is 5.82 Å². The van der Waals surface area contributed by atoms with E-state index in [2.05, 4.69) is 17.1 Å². The third kappa shape index (κ3) is 4.73. The lowest BCUT2D eigenvalue weighted by molar-refractivity contribution is 0.0343. The zero-order valence-electron chi connectivity index (χ0n) is 11.2. The SMILES string of the molecule is CC(CN1CCOCC1)NCc1ccc(Cl)cc1F. The van der Waals surface area contributed by atoms with Crippen LogP contribution in [0.4, 0.5) is 4.39 Å². The van der Waals surface area contributed by atoms with Gasteiger partial charge in [0, 0.05) is 42.8 Å². The zero-order chi connectivity index (χ0) is 13.7. The number of hydrogen-bond acceptors (Lipinski definition) is 3. The number of halogens is 2.